The van der Waals surface area contributed by atoms with Crippen molar-refractivity contribution in [1.82, 2.24) is 0 Å². The van der Waals surface area contributed by atoms with Crippen LogP contribution in [0.3, 0.4) is 0 Å². The van der Waals surface area contributed by atoms with Gasteiger partial charge in [0.1, 0.15) is 5.76 Å². The minimum atomic E-state index is -0.435. The third-order valence-corrected chi connectivity index (χ3v) is 6.26. The molecule has 0 fully saturated rings. The summed E-state index contributed by atoms with van der Waals surface area (Å²) in [5.74, 6) is -0.121. The second kappa shape index (κ2) is 9.98. The van der Waals surface area contributed by atoms with Gasteiger partial charge in [-0.2, -0.15) is 0 Å². The van der Waals surface area contributed by atoms with Crippen LogP contribution in [0.4, 0.5) is 11.4 Å². The molecule has 0 saturated heterocycles. The van der Waals surface area contributed by atoms with Crippen LogP contribution < -0.4 is 10.6 Å². The van der Waals surface area contributed by atoms with Gasteiger partial charge in [0.2, 0.25) is 0 Å². The molecule has 0 bridgehead atoms. The molecule has 35 heavy (non-hydrogen) atoms. The molecule has 0 aliphatic heterocycles. The lowest BCUT2D eigenvalue weighted by atomic mass is 9.87. The largest absolute Gasteiger partial charge is 0.451 e. The van der Waals surface area contributed by atoms with Gasteiger partial charge in [0.15, 0.2) is 5.76 Å². The third-order valence-electron chi connectivity index (χ3n) is 5.44. The van der Waals surface area contributed by atoms with Crippen LogP contribution in [-0.2, 0) is 5.41 Å². The highest BCUT2D eigenvalue weighted by atomic mass is 35.5. The number of anilines is 2. The predicted octanol–water partition coefficient (Wildman–Crippen LogP) is 8.06. The highest BCUT2D eigenvalue weighted by Crippen LogP contribution is 2.34. The predicted molar refractivity (Wildman–Crippen MR) is 142 cm³/mol. The summed E-state index contributed by atoms with van der Waals surface area (Å²) in [5.41, 5.74) is 3.37. The lowest BCUT2D eigenvalue weighted by molar-refractivity contribution is 0.0995. The zero-order chi connectivity index (χ0) is 25.2. The molecule has 1 aromatic heterocycles. The molecule has 4 aromatic rings. The number of carbonyl (C=O) groups is 2. The van der Waals surface area contributed by atoms with Gasteiger partial charge < -0.3 is 15.1 Å². The first kappa shape index (κ1) is 24.6. The van der Waals surface area contributed by atoms with E-state index in [1.54, 1.807) is 54.6 Å². The van der Waals surface area contributed by atoms with Gasteiger partial charge >= 0.3 is 0 Å². The first-order valence-electron chi connectivity index (χ1n) is 11.0. The zero-order valence-corrected chi connectivity index (χ0v) is 21.0. The van der Waals surface area contributed by atoms with E-state index in [0.29, 0.717) is 38.3 Å². The zero-order valence-electron chi connectivity index (χ0n) is 19.5. The molecule has 3 aromatic carbocycles. The number of hydrogen-bond acceptors (Lipinski definition) is 3. The van der Waals surface area contributed by atoms with Crippen LogP contribution in [0.15, 0.2) is 83.3 Å². The van der Waals surface area contributed by atoms with Crippen molar-refractivity contribution in [2.75, 3.05) is 10.6 Å². The number of rotatable bonds is 5. The Bertz CT molecular complexity index is 1390. The van der Waals surface area contributed by atoms with E-state index in [1.165, 1.54) is 0 Å². The van der Waals surface area contributed by atoms with Gasteiger partial charge in [0.25, 0.3) is 11.8 Å². The summed E-state index contributed by atoms with van der Waals surface area (Å²) >= 11 is 12.3. The summed E-state index contributed by atoms with van der Waals surface area (Å²) in [6.45, 7) is 6.37. The molecule has 0 unspecified atom stereocenters. The Balaban J connectivity index is 1.44. The van der Waals surface area contributed by atoms with Crippen LogP contribution in [0.25, 0.3) is 11.3 Å². The second-order valence-corrected chi connectivity index (χ2v) is 9.87. The Morgan fingerprint density at radius 2 is 1.40 bits per heavy atom. The second-order valence-electron chi connectivity index (χ2n) is 9.08. The maximum atomic E-state index is 12.7. The monoisotopic (exact) mass is 506 g/mol. The SMILES string of the molecule is CC(C)(C)c1ccc(C(=O)Nc2cccc(NC(=O)c3ccc(-c4cccc(Cl)c4Cl)o3)c2)cc1. The van der Waals surface area contributed by atoms with E-state index >= 15 is 0 Å². The lowest BCUT2D eigenvalue weighted by Gasteiger charge is -2.19. The minimum Gasteiger partial charge on any atom is -0.451 e. The van der Waals surface area contributed by atoms with Crippen molar-refractivity contribution < 1.29 is 14.0 Å². The molecule has 0 radical (unpaired) electrons. The van der Waals surface area contributed by atoms with E-state index < -0.39 is 5.91 Å². The summed E-state index contributed by atoms with van der Waals surface area (Å²) in [6.07, 6.45) is 0. The Labute approximate surface area is 214 Å². The maximum absolute atomic E-state index is 12.7. The van der Waals surface area contributed by atoms with Crippen LogP contribution in [0.2, 0.25) is 10.0 Å². The van der Waals surface area contributed by atoms with Gasteiger partial charge in [-0.25, -0.2) is 0 Å². The summed E-state index contributed by atoms with van der Waals surface area (Å²) in [7, 11) is 0. The first-order valence-corrected chi connectivity index (χ1v) is 11.7. The van der Waals surface area contributed by atoms with Gasteiger partial charge in [0.05, 0.1) is 10.0 Å². The van der Waals surface area contributed by atoms with E-state index in [1.807, 2.05) is 24.3 Å². The van der Waals surface area contributed by atoms with Crippen molar-refractivity contribution in [1.29, 1.82) is 0 Å². The summed E-state index contributed by atoms with van der Waals surface area (Å²) in [5, 5.41) is 6.40. The fourth-order valence-electron chi connectivity index (χ4n) is 3.49. The average molecular weight is 507 g/mol. The molecule has 178 valence electrons. The number of nitrogens with one attached hydrogen (secondary N) is 2. The molecule has 4 rings (SSSR count). The van der Waals surface area contributed by atoms with Gasteiger partial charge in [0, 0.05) is 22.5 Å². The number of amides is 2. The number of carbonyl (C=O) groups excluding carboxylic acids is 2. The van der Waals surface area contributed by atoms with E-state index in [4.69, 9.17) is 27.6 Å². The van der Waals surface area contributed by atoms with Crippen molar-refractivity contribution >= 4 is 46.4 Å². The summed E-state index contributed by atoms with van der Waals surface area (Å²) < 4.78 is 5.70. The van der Waals surface area contributed by atoms with Crippen molar-refractivity contribution in [3.05, 3.63) is 106 Å². The summed E-state index contributed by atoms with van der Waals surface area (Å²) in [6, 6.07) is 22.8. The molecule has 2 N–H and O–H groups in total. The third kappa shape index (κ3) is 5.76. The normalized spacial score (nSPS) is 11.2. The molecule has 2 amide bonds. The smallest absolute Gasteiger partial charge is 0.291 e. The van der Waals surface area contributed by atoms with E-state index in [9.17, 15) is 9.59 Å². The lowest BCUT2D eigenvalue weighted by Crippen LogP contribution is -2.15. The van der Waals surface area contributed by atoms with Gasteiger partial charge in [-0.1, -0.05) is 68.2 Å². The number of furan rings is 1. The molecule has 0 aliphatic rings. The van der Waals surface area contributed by atoms with E-state index in [0.717, 1.165) is 5.56 Å². The van der Waals surface area contributed by atoms with E-state index in [-0.39, 0.29) is 17.1 Å². The van der Waals surface area contributed by atoms with Gasteiger partial charge in [-0.15, -0.1) is 0 Å². The molecule has 0 spiro atoms. The maximum Gasteiger partial charge on any atom is 0.291 e. The van der Waals surface area contributed by atoms with Crippen LogP contribution in [0.1, 0.15) is 47.2 Å². The molecular weight excluding hydrogens is 483 g/mol. The Morgan fingerprint density at radius 3 is 2.06 bits per heavy atom. The molecule has 0 aliphatic carbocycles. The average Bonchev–Trinajstić information content (AvgIpc) is 3.31. The number of benzene rings is 3. The van der Waals surface area contributed by atoms with Crippen LogP contribution in [0, 0.1) is 0 Å². The molecule has 7 heteroatoms. The van der Waals surface area contributed by atoms with Crippen LogP contribution >= 0.6 is 23.2 Å². The Kier molecular flexibility index (Phi) is 7.01. The van der Waals surface area contributed by atoms with Crippen LogP contribution in [-0.4, -0.2) is 11.8 Å². The highest BCUT2D eigenvalue weighted by molar-refractivity contribution is 6.43. The fourth-order valence-corrected chi connectivity index (χ4v) is 3.88. The van der Waals surface area contributed by atoms with E-state index in [2.05, 4.69) is 31.4 Å². The molecule has 0 saturated carbocycles. The molecule has 1 heterocycles. The molecule has 5 nitrogen and oxygen atoms in total. The quantitative estimate of drug-likeness (QED) is 0.287. The Morgan fingerprint density at radius 1 is 0.771 bits per heavy atom. The van der Waals surface area contributed by atoms with Gasteiger partial charge in [-0.3, -0.25) is 9.59 Å². The van der Waals surface area contributed by atoms with Crippen molar-refractivity contribution in [3.8, 4) is 11.3 Å². The van der Waals surface area contributed by atoms with Gasteiger partial charge in [-0.05, 0) is 65.6 Å². The minimum absolute atomic E-state index is 0.0106. The Hall–Kier alpha value is -3.54. The number of hydrogen-bond donors (Lipinski definition) is 2. The molecular formula is C28H24Cl2N2O3. The fraction of sp³-hybridized carbons (Fsp3) is 0.143. The van der Waals surface area contributed by atoms with Crippen molar-refractivity contribution in [2.45, 2.75) is 26.2 Å². The standard InChI is InChI=1S/C28H24Cl2N2O3/c1-28(2,3)18-12-10-17(11-13-18)26(33)31-19-6-4-7-20(16-19)32-27(34)24-15-14-23(35-24)21-8-5-9-22(29)25(21)30/h4-16H,1-3H3,(H,31,33)(H,32,34). The summed E-state index contributed by atoms with van der Waals surface area (Å²) in [4.78, 5) is 25.4. The van der Waals surface area contributed by atoms with Crippen LogP contribution in [0.5, 0.6) is 0 Å². The molecule has 0 atom stereocenters. The first-order chi connectivity index (χ1) is 16.6. The highest BCUT2D eigenvalue weighted by Gasteiger charge is 2.17. The van der Waals surface area contributed by atoms with Crippen molar-refractivity contribution in [3.63, 3.8) is 0 Å². The number of halogens is 2. The topological polar surface area (TPSA) is 71.3 Å². The van der Waals surface area contributed by atoms with Crippen molar-refractivity contribution in [2.24, 2.45) is 0 Å².